The molecule has 0 unspecified atom stereocenters. The fraction of sp³-hybridized carbons (Fsp3) is 0.500. The summed E-state index contributed by atoms with van der Waals surface area (Å²) in [6.45, 7) is 6.45. The van der Waals surface area contributed by atoms with Gasteiger partial charge in [0.05, 0.1) is 16.4 Å². The lowest BCUT2D eigenvalue weighted by molar-refractivity contribution is -0.384. The zero-order valence-electron chi connectivity index (χ0n) is 14.2. The molecule has 0 saturated heterocycles. The summed E-state index contributed by atoms with van der Waals surface area (Å²) in [6.07, 6.45) is 0.999. The van der Waals surface area contributed by atoms with Gasteiger partial charge in [-0.05, 0) is 32.9 Å². The molecule has 1 aromatic carbocycles. The van der Waals surface area contributed by atoms with Crippen LogP contribution in [-0.4, -0.2) is 44.2 Å². The first kappa shape index (κ1) is 19.7. The molecular weight excluding hydrogens is 334 g/mol. The minimum Gasteiger partial charge on any atom is -0.378 e. The van der Waals surface area contributed by atoms with Crippen molar-refractivity contribution in [2.24, 2.45) is 10.7 Å². The Morgan fingerprint density at radius 2 is 2.00 bits per heavy atom. The number of rotatable bonds is 6. The van der Waals surface area contributed by atoms with E-state index in [1.807, 2.05) is 20.8 Å². The normalized spacial score (nSPS) is 12.8. The highest BCUT2D eigenvalue weighted by Crippen LogP contribution is 2.27. The molecule has 10 heteroatoms. The van der Waals surface area contributed by atoms with Gasteiger partial charge >= 0.3 is 0 Å². The summed E-state index contributed by atoms with van der Waals surface area (Å²) in [6, 6.07) is 3.73. The van der Waals surface area contributed by atoms with Crippen LogP contribution in [0.3, 0.4) is 0 Å². The fourth-order valence-corrected chi connectivity index (χ4v) is 2.47. The average molecular weight is 357 g/mol. The number of guanidine groups is 1. The van der Waals surface area contributed by atoms with Gasteiger partial charge in [0.2, 0.25) is 0 Å². The zero-order valence-corrected chi connectivity index (χ0v) is 15.0. The third-order valence-corrected chi connectivity index (χ3v) is 3.92. The van der Waals surface area contributed by atoms with E-state index in [2.05, 4.69) is 15.6 Å². The molecule has 1 rings (SSSR count). The fourth-order valence-electron chi connectivity index (χ4n) is 1.83. The number of nitro groups is 1. The van der Waals surface area contributed by atoms with Crippen LogP contribution in [0.2, 0.25) is 0 Å². The Kier molecular flexibility index (Phi) is 6.13. The first-order chi connectivity index (χ1) is 10.9. The molecule has 0 spiro atoms. The van der Waals surface area contributed by atoms with Crippen molar-refractivity contribution in [1.82, 2.24) is 5.32 Å². The van der Waals surface area contributed by atoms with Crippen LogP contribution in [0.1, 0.15) is 20.8 Å². The highest BCUT2D eigenvalue weighted by Gasteiger charge is 2.18. The second-order valence-corrected chi connectivity index (χ2v) is 8.29. The number of nitrogens with zero attached hydrogens (tertiary/aromatic N) is 2. The number of anilines is 1. The van der Waals surface area contributed by atoms with Crippen LogP contribution in [0.15, 0.2) is 28.1 Å². The topological polar surface area (TPSA) is 140 Å². The number of nitrogens with two attached hydrogens (primary N) is 1. The Labute approximate surface area is 141 Å². The van der Waals surface area contributed by atoms with E-state index in [1.54, 1.807) is 0 Å². The van der Waals surface area contributed by atoms with Gasteiger partial charge in [-0.1, -0.05) is 0 Å². The number of aliphatic imine (C=N–C) groups is 1. The monoisotopic (exact) mass is 357 g/mol. The van der Waals surface area contributed by atoms with Crippen LogP contribution in [-0.2, 0) is 9.84 Å². The predicted molar refractivity (Wildman–Crippen MR) is 94.1 cm³/mol. The third-order valence-electron chi connectivity index (χ3n) is 2.81. The minimum absolute atomic E-state index is 0.101. The van der Waals surface area contributed by atoms with Gasteiger partial charge in [-0.25, -0.2) is 8.42 Å². The van der Waals surface area contributed by atoms with Crippen LogP contribution in [0.25, 0.3) is 0 Å². The Morgan fingerprint density at radius 3 is 2.50 bits per heavy atom. The Balaban J connectivity index is 2.79. The van der Waals surface area contributed by atoms with Gasteiger partial charge in [-0.3, -0.25) is 15.1 Å². The summed E-state index contributed by atoms with van der Waals surface area (Å²) in [5.41, 5.74) is 5.44. The first-order valence-electron chi connectivity index (χ1n) is 7.20. The van der Waals surface area contributed by atoms with Crippen LogP contribution in [0, 0.1) is 10.1 Å². The molecule has 1 aromatic rings. The summed E-state index contributed by atoms with van der Waals surface area (Å²) >= 11 is 0. The SMILES string of the molecule is CC(C)(C)NC(N)=NCCNc1ccc(S(C)(=O)=O)cc1[N+](=O)[O-]. The number of sulfone groups is 1. The van der Waals surface area contributed by atoms with Crippen molar-refractivity contribution in [2.45, 2.75) is 31.2 Å². The van der Waals surface area contributed by atoms with E-state index in [0.717, 1.165) is 12.3 Å². The van der Waals surface area contributed by atoms with Crippen molar-refractivity contribution < 1.29 is 13.3 Å². The molecule has 9 nitrogen and oxygen atoms in total. The summed E-state index contributed by atoms with van der Waals surface area (Å²) in [5.74, 6) is 0.284. The Bertz CT molecular complexity index is 738. The van der Waals surface area contributed by atoms with E-state index in [0.29, 0.717) is 13.1 Å². The highest BCUT2D eigenvalue weighted by atomic mass is 32.2. The maximum Gasteiger partial charge on any atom is 0.293 e. The van der Waals surface area contributed by atoms with Crippen LogP contribution in [0.4, 0.5) is 11.4 Å². The molecule has 0 bridgehead atoms. The largest absolute Gasteiger partial charge is 0.378 e. The molecule has 0 aromatic heterocycles. The van der Waals surface area contributed by atoms with E-state index in [4.69, 9.17) is 5.73 Å². The smallest absolute Gasteiger partial charge is 0.293 e. The second kappa shape index (κ2) is 7.47. The Morgan fingerprint density at radius 1 is 1.38 bits per heavy atom. The standard InChI is InChI=1S/C14H23N5O4S/c1-14(2,3)18-13(15)17-8-7-16-11-6-5-10(24(4,22)23)9-12(11)19(20)21/h5-6,9,16H,7-8H2,1-4H3,(H3,15,17,18). The van der Waals surface area contributed by atoms with Gasteiger partial charge in [0, 0.05) is 24.4 Å². The summed E-state index contributed by atoms with van der Waals surface area (Å²) in [7, 11) is -3.51. The summed E-state index contributed by atoms with van der Waals surface area (Å²) in [4.78, 5) is 14.5. The van der Waals surface area contributed by atoms with Gasteiger partial charge in [0.1, 0.15) is 5.69 Å². The highest BCUT2D eigenvalue weighted by molar-refractivity contribution is 7.90. The van der Waals surface area contributed by atoms with Crippen molar-refractivity contribution in [3.63, 3.8) is 0 Å². The van der Waals surface area contributed by atoms with Crippen LogP contribution < -0.4 is 16.4 Å². The molecule has 0 aliphatic carbocycles. The van der Waals surface area contributed by atoms with E-state index < -0.39 is 14.8 Å². The number of nitro benzene ring substituents is 1. The molecule has 4 N–H and O–H groups in total. The molecule has 0 atom stereocenters. The van der Waals surface area contributed by atoms with E-state index in [9.17, 15) is 18.5 Å². The third kappa shape index (κ3) is 6.41. The number of hydrogen-bond acceptors (Lipinski definition) is 6. The maximum atomic E-state index is 11.5. The molecule has 24 heavy (non-hydrogen) atoms. The van der Waals surface area contributed by atoms with E-state index in [-0.39, 0.29) is 27.8 Å². The zero-order chi connectivity index (χ0) is 18.5. The van der Waals surface area contributed by atoms with Gasteiger partial charge in [0.25, 0.3) is 5.69 Å². The molecule has 0 aliphatic heterocycles. The lowest BCUT2D eigenvalue weighted by Crippen LogP contribution is -2.45. The lowest BCUT2D eigenvalue weighted by atomic mass is 10.1. The molecule has 0 heterocycles. The quantitative estimate of drug-likeness (QED) is 0.228. The maximum absolute atomic E-state index is 11.5. The van der Waals surface area contributed by atoms with Gasteiger partial charge < -0.3 is 16.4 Å². The predicted octanol–water partition coefficient (Wildman–Crippen LogP) is 1.11. The van der Waals surface area contributed by atoms with Gasteiger partial charge in [-0.15, -0.1) is 0 Å². The van der Waals surface area contributed by atoms with Crippen molar-refractivity contribution in [1.29, 1.82) is 0 Å². The second-order valence-electron chi connectivity index (χ2n) is 6.28. The Hall–Kier alpha value is -2.36. The molecule has 0 fully saturated rings. The summed E-state index contributed by atoms with van der Waals surface area (Å²) in [5, 5.41) is 17.0. The summed E-state index contributed by atoms with van der Waals surface area (Å²) < 4.78 is 23.0. The molecule has 0 aliphatic rings. The number of hydrogen-bond donors (Lipinski definition) is 3. The molecule has 0 amide bonds. The molecular formula is C14H23N5O4S. The van der Waals surface area contributed by atoms with Gasteiger partial charge in [0.15, 0.2) is 15.8 Å². The number of nitrogens with one attached hydrogen (secondary N) is 2. The van der Waals surface area contributed by atoms with E-state index in [1.165, 1.54) is 12.1 Å². The van der Waals surface area contributed by atoms with E-state index >= 15 is 0 Å². The average Bonchev–Trinajstić information content (AvgIpc) is 2.40. The van der Waals surface area contributed by atoms with Crippen LogP contribution in [0.5, 0.6) is 0 Å². The molecule has 134 valence electrons. The molecule has 0 radical (unpaired) electrons. The van der Waals surface area contributed by atoms with Gasteiger partial charge in [-0.2, -0.15) is 0 Å². The van der Waals surface area contributed by atoms with Crippen molar-refractivity contribution in [2.75, 3.05) is 24.7 Å². The lowest BCUT2D eigenvalue weighted by Gasteiger charge is -2.21. The van der Waals surface area contributed by atoms with Crippen LogP contribution >= 0.6 is 0 Å². The number of benzene rings is 1. The van der Waals surface area contributed by atoms with Crippen molar-refractivity contribution >= 4 is 27.2 Å². The van der Waals surface area contributed by atoms with Crippen molar-refractivity contribution in [3.8, 4) is 0 Å². The van der Waals surface area contributed by atoms with Crippen molar-refractivity contribution in [3.05, 3.63) is 28.3 Å². The molecule has 0 saturated carbocycles. The minimum atomic E-state index is -3.51. The first-order valence-corrected chi connectivity index (χ1v) is 9.10.